The van der Waals surface area contributed by atoms with E-state index in [9.17, 15) is 14.7 Å². The topological polar surface area (TPSA) is 69.6 Å². The van der Waals surface area contributed by atoms with Crippen molar-refractivity contribution >= 4 is 17.5 Å². The normalized spacial score (nSPS) is 18.9. The van der Waals surface area contributed by atoms with Gasteiger partial charge in [0.1, 0.15) is 5.75 Å². The summed E-state index contributed by atoms with van der Waals surface area (Å²) in [5.41, 5.74) is 3.67. The summed E-state index contributed by atoms with van der Waals surface area (Å²) >= 11 is 0. The van der Waals surface area contributed by atoms with Crippen LogP contribution in [-0.2, 0) is 9.59 Å². The highest BCUT2D eigenvalue weighted by Gasteiger charge is 2.38. The minimum absolute atomic E-state index is 0.0951. The predicted molar refractivity (Wildman–Crippen MR) is 139 cm³/mol. The number of hydrogen-bond donors (Lipinski definition) is 2. The van der Waals surface area contributed by atoms with Crippen LogP contribution in [0, 0.1) is 5.92 Å². The standard InChI is InChI=1S/C30H32N2O3/c33-28-17-23(20-32(28)25-15-9-1-2-10-16-25)30(35)31-24-18-26(21-11-5-3-6-12-21)29(34)27(19-24)22-13-7-4-8-14-22/h3-8,11-14,18-19,23,25,34H,1-2,9-10,15-17,20H2,(H,31,35). The van der Waals surface area contributed by atoms with Crippen LogP contribution in [0.5, 0.6) is 5.75 Å². The Kier molecular flexibility index (Phi) is 6.84. The molecule has 2 aliphatic rings. The fourth-order valence-electron chi connectivity index (χ4n) is 5.46. The molecule has 3 aromatic rings. The molecule has 1 atom stereocenters. The van der Waals surface area contributed by atoms with Gasteiger partial charge in [-0.15, -0.1) is 0 Å². The van der Waals surface area contributed by atoms with Gasteiger partial charge in [0.15, 0.2) is 0 Å². The van der Waals surface area contributed by atoms with E-state index >= 15 is 0 Å². The predicted octanol–water partition coefficient (Wildman–Crippen LogP) is 6.24. The highest BCUT2D eigenvalue weighted by molar-refractivity contribution is 5.99. The van der Waals surface area contributed by atoms with Gasteiger partial charge in [0.2, 0.25) is 11.8 Å². The third-order valence-corrected chi connectivity index (χ3v) is 7.34. The Morgan fingerprint density at radius 3 is 1.91 bits per heavy atom. The summed E-state index contributed by atoms with van der Waals surface area (Å²) in [4.78, 5) is 28.0. The molecule has 2 fully saturated rings. The molecular formula is C30H32N2O3. The fraction of sp³-hybridized carbons (Fsp3) is 0.333. The minimum Gasteiger partial charge on any atom is -0.507 e. The number of nitrogens with zero attached hydrogens (tertiary/aromatic N) is 1. The molecule has 180 valence electrons. The monoisotopic (exact) mass is 468 g/mol. The Balaban J connectivity index is 1.40. The first-order valence-electron chi connectivity index (χ1n) is 12.7. The molecule has 2 amide bonds. The van der Waals surface area contributed by atoms with Crippen molar-refractivity contribution in [3.63, 3.8) is 0 Å². The number of benzene rings is 3. The Morgan fingerprint density at radius 1 is 0.829 bits per heavy atom. The van der Waals surface area contributed by atoms with Gasteiger partial charge in [-0.2, -0.15) is 0 Å². The Hall–Kier alpha value is -3.60. The van der Waals surface area contributed by atoms with Crippen molar-refractivity contribution < 1.29 is 14.7 Å². The summed E-state index contributed by atoms with van der Waals surface area (Å²) in [6, 6.07) is 23.2. The molecule has 0 bridgehead atoms. The number of phenolic OH excluding ortho intramolecular Hbond substituents is 1. The minimum atomic E-state index is -0.361. The van der Waals surface area contributed by atoms with Crippen molar-refractivity contribution in [2.45, 2.75) is 51.0 Å². The Labute approximate surface area is 206 Å². The number of nitrogens with one attached hydrogen (secondary N) is 1. The molecule has 1 saturated heterocycles. The van der Waals surface area contributed by atoms with E-state index in [0.717, 1.165) is 36.8 Å². The summed E-state index contributed by atoms with van der Waals surface area (Å²) in [5.74, 6) is -0.230. The number of likely N-dealkylation sites (tertiary alicyclic amines) is 1. The molecule has 3 aromatic carbocycles. The van der Waals surface area contributed by atoms with Crippen LogP contribution in [0.2, 0.25) is 0 Å². The van der Waals surface area contributed by atoms with Crippen molar-refractivity contribution in [1.29, 1.82) is 0 Å². The highest BCUT2D eigenvalue weighted by Crippen LogP contribution is 2.41. The first-order chi connectivity index (χ1) is 17.1. The summed E-state index contributed by atoms with van der Waals surface area (Å²) in [6.07, 6.45) is 7.12. The van der Waals surface area contributed by atoms with Crippen LogP contribution in [0.4, 0.5) is 5.69 Å². The lowest BCUT2D eigenvalue weighted by Crippen LogP contribution is -2.37. The van der Waals surface area contributed by atoms with Gasteiger partial charge in [0.25, 0.3) is 0 Å². The lowest BCUT2D eigenvalue weighted by Gasteiger charge is -2.27. The molecule has 5 rings (SSSR count). The van der Waals surface area contributed by atoms with Crippen molar-refractivity contribution in [3.05, 3.63) is 72.8 Å². The zero-order valence-corrected chi connectivity index (χ0v) is 20.0. The molecule has 2 N–H and O–H groups in total. The van der Waals surface area contributed by atoms with Crippen LogP contribution in [0.3, 0.4) is 0 Å². The molecule has 1 aliphatic heterocycles. The first-order valence-corrected chi connectivity index (χ1v) is 12.7. The van der Waals surface area contributed by atoms with Crippen LogP contribution in [-0.4, -0.2) is 34.4 Å². The van der Waals surface area contributed by atoms with Gasteiger partial charge in [-0.05, 0) is 36.1 Å². The summed E-state index contributed by atoms with van der Waals surface area (Å²) < 4.78 is 0. The second-order valence-corrected chi connectivity index (χ2v) is 9.73. The van der Waals surface area contributed by atoms with Crippen molar-refractivity contribution in [2.24, 2.45) is 5.92 Å². The number of amides is 2. The summed E-state index contributed by atoms with van der Waals surface area (Å²) in [5, 5.41) is 14.2. The first kappa shape index (κ1) is 23.2. The smallest absolute Gasteiger partial charge is 0.229 e. The van der Waals surface area contributed by atoms with Gasteiger partial charge in [-0.3, -0.25) is 9.59 Å². The van der Waals surface area contributed by atoms with Gasteiger partial charge in [-0.25, -0.2) is 0 Å². The van der Waals surface area contributed by atoms with E-state index in [0.29, 0.717) is 23.4 Å². The molecule has 35 heavy (non-hydrogen) atoms. The number of hydrogen-bond acceptors (Lipinski definition) is 3. The largest absolute Gasteiger partial charge is 0.507 e. The van der Waals surface area contributed by atoms with Crippen LogP contribution in [0.1, 0.15) is 44.9 Å². The van der Waals surface area contributed by atoms with E-state index in [1.54, 1.807) is 0 Å². The number of phenols is 1. The second-order valence-electron chi connectivity index (χ2n) is 9.73. The van der Waals surface area contributed by atoms with E-state index in [1.807, 2.05) is 77.7 Å². The zero-order chi connectivity index (χ0) is 24.2. The molecule has 0 radical (unpaired) electrons. The van der Waals surface area contributed by atoms with Crippen molar-refractivity contribution in [1.82, 2.24) is 4.90 Å². The molecule has 1 saturated carbocycles. The van der Waals surface area contributed by atoms with Gasteiger partial charge in [0, 0.05) is 35.8 Å². The molecule has 1 unspecified atom stereocenters. The number of anilines is 1. The number of aromatic hydroxyl groups is 1. The van der Waals surface area contributed by atoms with Gasteiger partial charge in [0.05, 0.1) is 5.92 Å². The van der Waals surface area contributed by atoms with E-state index in [4.69, 9.17) is 0 Å². The molecule has 0 spiro atoms. The van der Waals surface area contributed by atoms with Crippen LogP contribution in [0.15, 0.2) is 72.8 Å². The maximum absolute atomic E-state index is 13.3. The lowest BCUT2D eigenvalue weighted by molar-refractivity contribution is -0.130. The van der Waals surface area contributed by atoms with E-state index in [1.165, 1.54) is 12.8 Å². The maximum Gasteiger partial charge on any atom is 0.229 e. The van der Waals surface area contributed by atoms with Crippen LogP contribution < -0.4 is 5.32 Å². The quantitative estimate of drug-likeness (QED) is 0.344. The molecule has 0 aromatic heterocycles. The third-order valence-electron chi connectivity index (χ3n) is 7.34. The van der Waals surface area contributed by atoms with Crippen molar-refractivity contribution in [3.8, 4) is 28.0 Å². The average Bonchev–Trinajstić information content (AvgIpc) is 3.09. The second kappa shape index (κ2) is 10.3. The van der Waals surface area contributed by atoms with Gasteiger partial charge in [-0.1, -0.05) is 86.3 Å². The SMILES string of the molecule is O=C(Nc1cc(-c2ccccc2)c(O)c(-c2ccccc2)c1)C1CC(=O)N(C2CCCCCC2)C1. The molecule has 5 nitrogen and oxygen atoms in total. The van der Waals surface area contributed by atoms with Crippen molar-refractivity contribution in [2.75, 3.05) is 11.9 Å². The number of rotatable bonds is 5. The summed E-state index contributed by atoms with van der Waals surface area (Å²) in [6.45, 7) is 0.491. The average molecular weight is 469 g/mol. The third kappa shape index (κ3) is 5.09. The van der Waals surface area contributed by atoms with Crippen LogP contribution >= 0.6 is 0 Å². The Bertz CT molecular complexity index is 1120. The molecule has 1 heterocycles. The zero-order valence-electron chi connectivity index (χ0n) is 20.0. The number of carbonyl (C=O) groups excluding carboxylic acids is 2. The highest BCUT2D eigenvalue weighted by atomic mass is 16.3. The van der Waals surface area contributed by atoms with Gasteiger partial charge < -0.3 is 15.3 Å². The van der Waals surface area contributed by atoms with Gasteiger partial charge >= 0.3 is 0 Å². The maximum atomic E-state index is 13.3. The molecule has 5 heteroatoms. The Morgan fingerprint density at radius 2 is 1.37 bits per heavy atom. The lowest BCUT2D eigenvalue weighted by atomic mass is 9.96. The van der Waals surface area contributed by atoms with E-state index in [2.05, 4.69) is 5.32 Å². The molecular weight excluding hydrogens is 436 g/mol. The fourth-order valence-corrected chi connectivity index (χ4v) is 5.46. The summed E-state index contributed by atoms with van der Waals surface area (Å²) in [7, 11) is 0. The number of carbonyl (C=O) groups is 2. The van der Waals surface area contributed by atoms with E-state index < -0.39 is 0 Å². The molecule has 1 aliphatic carbocycles. The van der Waals surface area contributed by atoms with E-state index in [-0.39, 0.29) is 35.9 Å². The van der Waals surface area contributed by atoms with Crippen LogP contribution in [0.25, 0.3) is 22.3 Å².